The van der Waals surface area contributed by atoms with E-state index in [-0.39, 0.29) is 0 Å². The Balaban J connectivity index is 0.929. The number of fused-ring (bicyclic) bond motifs is 12. The van der Waals surface area contributed by atoms with Crippen molar-refractivity contribution in [3.8, 4) is 39.3 Å². The van der Waals surface area contributed by atoms with Crippen molar-refractivity contribution in [1.29, 1.82) is 0 Å². The average molecular weight is 816 g/mol. The molecule has 0 unspecified atom stereocenters. The van der Waals surface area contributed by atoms with Gasteiger partial charge in [0.15, 0.2) is 0 Å². The van der Waals surface area contributed by atoms with E-state index in [0.29, 0.717) is 0 Å². The molecule has 0 radical (unpaired) electrons. The molecule has 0 N–H and O–H groups in total. The van der Waals surface area contributed by atoms with Gasteiger partial charge in [-0.3, -0.25) is 0 Å². The van der Waals surface area contributed by atoms with Crippen molar-refractivity contribution < 1.29 is 4.42 Å². The Kier molecular flexibility index (Phi) is 7.36. The lowest BCUT2D eigenvalue weighted by Crippen LogP contribution is -1.94. The topological polar surface area (TPSA) is 27.9 Å². The van der Waals surface area contributed by atoms with Crippen LogP contribution < -0.4 is 0 Å². The number of benzene rings is 10. The van der Waals surface area contributed by atoms with Crippen LogP contribution in [0, 0.1) is 0 Å². The highest BCUT2D eigenvalue weighted by molar-refractivity contribution is 6.15. The van der Waals surface area contributed by atoms with Gasteiger partial charge < -0.3 is 18.1 Å². The zero-order valence-corrected chi connectivity index (χ0v) is 34.6. The first-order valence-electron chi connectivity index (χ1n) is 21.9. The second-order valence-electron chi connectivity index (χ2n) is 16.9. The van der Waals surface area contributed by atoms with Crippen LogP contribution in [0.5, 0.6) is 0 Å². The molecule has 0 aliphatic heterocycles. The molecule has 0 aliphatic carbocycles. The van der Waals surface area contributed by atoms with E-state index in [1.165, 1.54) is 87.7 Å². The number of rotatable bonds is 5. The van der Waals surface area contributed by atoms with Crippen molar-refractivity contribution in [3.63, 3.8) is 0 Å². The van der Waals surface area contributed by atoms with Gasteiger partial charge in [-0.1, -0.05) is 127 Å². The normalized spacial score (nSPS) is 12.1. The predicted octanol–water partition coefficient (Wildman–Crippen LogP) is 16.2. The standard InChI is InChI=1S/C60H37N3O/c1-3-13-42(14-4-1)61-53-20-10-7-17-45(53)47-28-23-40(35-57(47)61)39-25-30-55-51(34-39)48-29-24-41(36-58(48)62(55)43-15-5-2-6-16-43)38-26-31-56-50(33-38)46-18-8-11-21-54(46)63(56)44-27-32-60-52(37-44)49-19-9-12-22-59(49)64-60/h1-37H. The molecule has 0 spiro atoms. The molecular weight excluding hydrogens is 779 g/mol. The smallest absolute Gasteiger partial charge is 0.135 e. The second-order valence-corrected chi connectivity index (χ2v) is 16.9. The minimum absolute atomic E-state index is 0.900. The lowest BCUT2D eigenvalue weighted by atomic mass is 9.99. The molecule has 0 amide bonds. The number of hydrogen-bond acceptors (Lipinski definition) is 1. The van der Waals surface area contributed by atoms with E-state index in [1.54, 1.807) is 0 Å². The Morgan fingerprint density at radius 1 is 0.219 bits per heavy atom. The minimum atomic E-state index is 0.900. The Hall–Kier alpha value is -8.60. The van der Waals surface area contributed by atoms with E-state index in [9.17, 15) is 0 Å². The molecule has 14 aromatic rings. The molecule has 4 heteroatoms. The zero-order chi connectivity index (χ0) is 41.9. The summed E-state index contributed by atoms with van der Waals surface area (Å²) in [4.78, 5) is 0. The zero-order valence-electron chi connectivity index (χ0n) is 34.6. The molecule has 0 atom stereocenters. The van der Waals surface area contributed by atoms with Gasteiger partial charge in [0, 0.05) is 60.2 Å². The fourth-order valence-corrected chi connectivity index (χ4v) is 10.5. The molecule has 0 bridgehead atoms. The molecule has 0 saturated heterocycles. The Labute approximate surface area is 367 Å². The summed E-state index contributed by atoms with van der Waals surface area (Å²) in [7, 11) is 0. The van der Waals surface area contributed by atoms with Crippen LogP contribution in [0.1, 0.15) is 0 Å². The SMILES string of the molecule is c1ccc(-n2c3ccccc3c3ccc(-c4ccc5c(c4)c4ccc(-c6ccc7c(c6)c6ccccc6n7-c6ccc7oc8ccccc8c7c6)cc4n5-c4ccccc4)cc32)cc1. The van der Waals surface area contributed by atoms with Crippen LogP contribution in [0.3, 0.4) is 0 Å². The van der Waals surface area contributed by atoms with E-state index in [1.807, 2.05) is 12.1 Å². The van der Waals surface area contributed by atoms with Crippen molar-refractivity contribution in [1.82, 2.24) is 13.7 Å². The van der Waals surface area contributed by atoms with E-state index < -0.39 is 0 Å². The number of para-hydroxylation sites is 5. The largest absolute Gasteiger partial charge is 0.456 e. The molecule has 0 fully saturated rings. The molecule has 4 aromatic heterocycles. The van der Waals surface area contributed by atoms with Crippen molar-refractivity contribution in [2.45, 2.75) is 0 Å². The third kappa shape index (κ3) is 5.11. The summed E-state index contributed by atoms with van der Waals surface area (Å²) in [5.74, 6) is 0. The van der Waals surface area contributed by atoms with Gasteiger partial charge in [0.25, 0.3) is 0 Å². The van der Waals surface area contributed by atoms with Gasteiger partial charge in [-0.05, 0) is 119 Å². The summed E-state index contributed by atoms with van der Waals surface area (Å²) >= 11 is 0. The van der Waals surface area contributed by atoms with Gasteiger partial charge in [-0.15, -0.1) is 0 Å². The molecule has 10 aromatic carbocycles. The number of furan rings is 1. The third-order valence-corrected chi connectivity index (χ3v) is 13.4. The van der Waals surface area contributed by atoms with Gasteiger partial charge >= 0.3 is 0 Å². The van der Waals surface area contributed by atoms with Crippen LogP contribution in [0.15, 0.2) is 229 Å². The summed E-state index contributed by atoms with van der Waals surface area (Å²) in [6.07, 6.45) is 0. The summed E-state index contributed by atoms with van der Waals surface area (Å²) in [6, 6.07) is 81.6. The van der Waals surface area contributed by atoms with Gasteiger partial charge in [-0.25, -0.2) is 0 Å². The van der Waals surface area contributed by atoms with Crippen LogP contribution in [-0.2, 0) is 0 Å². The highest BCUT2D eigenvalue weighted by atomic mass is 16.3. The molecule has 0 saturated carbocycles. The van der Waals surface area contributed by atoms with Crippen molar-refractivity contribution in [2.75, 3.05) is 0 Å². The molecule has 64 heavy (non-hydrogen) atoms. The fraction of sp³-hybridized carbons (Fsp3) is 0. The van der Waals surface area contributed by atoms with E-state index in [0.717, 1.165) is 39.0 Å². The Bertz CT molecular complexity index is 4180. The van der Waals surface area contributed by atoms with E-state index >= 15 is 0 Å². The predicted molar refractivity (Wildman–Crippen MR) is 268 cm³/mol. The first-order chi connectivity index (χ1) is 31.7. The molecular formula is C60H37N3O. The highest BCUT2D eigenvalue weighted by Gasteiger charge is 2.19. The van der Waals surface area contributed by atoms with E-state index in [2.05, 4.69) is 226 Å². The summed E-state index contributed by atoms with van der Waals surface area (Å²) < 4.78 is 13.4. The van der Waals surface area contributed by atoms with Crippen LogP contribution in [-0.4, -0.2) is 13.7 Å². The lowest BCUT2D eigenvalue weighted by Gasteiger charge is -2.10. The molecule has 298 valence electrons. The maximum Gasteiger partial charge on any atom is 0.135 e. The average Bonchev–Trinajstić information content (AvgIpc) is 4.10. The maximum absolute atomic E-state index is 6.21. The fourth-order valence-electron chi connectivity index (χ4n) is 10.5. The Morgan fingerprint density at radius 2 is 0.625 bits per heavy atom. The molecule has 4 heterocycles. The van der Waals surface area contributed by atoms with Crippen LogP contribution >= 0.6 is 0 Å². The molecule has 14 rings (SSSR count). The van der Waals surface area contributed by atoms with Crippen LogP contribution in [0.25, 0.3) is 127 Å². The summed E-state index contributed by atoms with van der Waals surface area (Å²) in [6.45, 7) is 0. The van der Waals surface area contributed by atoms with Crippen molar-refractivity contribution >= 4 is 87.4 Å². The van der Waals surface area contributed by atoms with Gasteiger partial charge in [-0.2, -0.15) is 0 Å². The third-order valence-electron chi connectivity index (χ3n) is 13.4. The van der Waals surface area contributed by atoms with Crippen LogP contribution in [0.2, 0.25) is 0 Å². The molecule has 4 nitrogen and oxygen atoms in total. The van der Waals surface area contributed by atoms with Gasteiger partial charge in [0.2, 0.25) is 0 Å². The Morgan fingerprint density at radius 3 is 1.22 bits per heavy atom. The van der Waals surface area contributed by atoms with Crippen LogP contribution in [0.4, 0.5) is 0 Å². The maximum atomic E-state index is 6.21. The van der Waals surface area contributed by atoms with E-state index in [4.69, 9.17) is 4.42 Å². The first-order valence-corrected chi connectivity index (χ1v) is 21.9. The number of aromatic nitrogens is 3. The monoisotopic (exact) mass is 815 g/mol. The summed E-state index contributed by atoms with van der Waals surface area (Å²) in [5.41, 5.74) is 17.1. The molecule has 0 aliphatic rings. The van der Waals surface area contributed by atoms with Gasteiger partial charge in [0.05, 0.1) is 33.1 Å². The summed E-state index contributed by atoms with van der Waals surface area (Å²) in [5, 5.41) is 9.68. The second kappa shape index (κ2) is 13.4. The highest BCUT2D eigenvalue weighted by Crippen LogP contribution is 2.41. The quantitative estimate of drug-likeness (QED) is 0.170. The van der Waals surface area contributed by atoms with Crippen molar-refractivity contribution in [2.24, 2.45) is 0 Å². The van der Waals surface area contributed by atoms with Gasteiger partial charge in [0.1, 0.15) is 11.2 Å². The minimum Gasteiger partial charge on any atom is -0.456 e. The number of hydrogen-bond donors (Lipinski definition) is 0. The number of nitrogens with zero attached hydrogens (tertiary/aromatic N) is 3. The van der Waals surface area contributed by atoms with Crippen molar-refractivity contribution in [3.05, 3.63) is 224 Å². The first kappa shape index (κ1) is 35.0. The lowest BCUT2D eigenvalue weighted by molar-refractivity contribution is 0.669.